The van der Waals surface area contributed by atoms with E-state index in [0.29, 0.717) is 12.5 Å². The Bertz CT molecular complexity index is 121. The van der Waals surface area contributed by atoms with Crippen LogP contribution in [-0.4, -0.2) is 24.3 Å². The molecule has 0 amide bonds. The molecular formula is C8H18ClNO. The highest BCUT2D eigenvalue weighted by molar-refractivity contribution is 5.85. The fourth-order valence-electron chi connectivity index (χ4n) is 1.86. The number of halogens is 1. The molecule has 0 aromatic rings. The second kappa shape index (κ2) is 4.29. The molecule has 1 aliphatic carbocycles. The molecule has 0 radical (unpaired) electrons. The lowest BCUT2D eigenvalue weighted by atomic mass is 9.90. The molecule has 2 N–H and O–H groups in total. The predicted molar refractivity (Wildman–Crippen MR) is 49.1 cm³/mol. The highest BCUT2D eigenvalue weighted by atomic mass is 35.5. The van der Waals surface area contributed by atoms with Gasteiger partial charge in [-0.15, -0.1) is 12.4 Å². The van der Waals surface area contributed by atoms with Crippen molar-refractivity contribution in [1.82, 2.24) is 5.32 Å². The Morgan fingerprint density at radius 2 is 2.27 bits per heavy atom. The van der Waals surface area contributed by atoms with Crippen molar-refractivity contribution in [1.29, 1.82) is 0 Å². The lowest BCUT2D eigenvalue weighted by Gasteiger charge is -2.29. The van der Waals surface area contributed by atoms with Crippen molar-refractivity contribution in [2.24, 2.45) is 5.92 Å². The average molecular weight is 180 g/mol. The number of aliphatic hydroxyl groups excluding tert-OH is 1. The zero-order valence-corrected chi connectivity index (χ0v) is 8.08. The van der Waals surface area contributed by atoms with E-state index < -0.39 is 0 Å². The first-order chi connectivity index (χ1) is 4.73. The minimum atomic E-state index is 0. The molecule has 2 atom stereocenters. The third-order valence-corrected chi connectivity index (χ3v) is 2.94. The first-order valence-corrected chi connectivity index (χ1v) is 4.02. The summed E-state index contributed by atoms with van der Waals surface area (Å²) in [6, 6.07) is 0. The summed E-state index contributed by atoms with van der Waals surface area (Å²) in [5, 5.41) is 12.3. The third-order valence-electron chi connectivity index (χ3n) is 2.94. The molecule has 0 bridgehead atoms. The predicted octanol–water partition coefficient (Wildman–Crippen LogP) is 1.18. The zero-order chi connectivity index (χ0) is 7.61. The van der Waals surface area contributed by atoms with Crippen LogP contribution in [0.4, 0.5) is 0 Å². The van der Waals surface area contributed by atoms with Gasteiger partial charge >= 0.3 is 0 Å². The van der Waals surface area contributed by atoms with Gasteiger partial charge in [0.2, 0.25) is 0 Å². The van der Waals surface area contributed by atoms with Crippen molar-refractivity contribution in [3.05, 3.63) is 0 Å². The van der Waals surface area contributed by atoms with Crippen LogP contribution in [0, 0.1) is 5.92 Å². The van der Waals surface area contributed by atoms with E-state index >= 15 is 0 Å². The molecule has 0 heterocycles. The van der Waals surface area contributed by atoms with Gasteiger partial charge in [0.15, 0.2) is 0 Å². The standard InChI is InChI=1S/C8H17NO.ClH/c1-8(9-2)5-3-4-7(8)6-10;/h7,9-10H,3-6H2,1-2H3;1H/t7-,8-;/m1./s1. The fourth-order valence-corrected chi connectivity index (χ4v) is 1.86. The molecule has 3 heteroatoms. The molecular weight excluding hydrogens is 162 g/mol. The summed E-state index contributed by atoms with van der Waals surface area (Å²) in [5.41, 5.74) is 0.203. The van der Waals surface area contributed by atoms with Gasteiger partial charge in [0.05, 0.1) is 0 Å². The number of nitrogens with one attached hydrogen (secondary N) is 1. The minimum Gasteiger partial charge on any atom is -0.396 e. The minimum absolute atomic E-state index is 0. The molecule has 0 unspecified atom stereocenters. The van der Waals surface area contributed by atoms with Crippen LogP contribution >= 0.6 is 12.4 Å². The van der Waals surface area contributed by atoms with Crippen LogP contribution in [0.2, 0.25) is 0 Å². The van der Waals surface area contributed by atoms with Crippen molar-refractivity contribution < 1.29 is 5.11 Å². The fraction of sp³-hybridized carbons (Fsp3) is 1.00. The summed E-state index contributed by atoms with van der Waals surface area (Å²) in [5.74, 6) is 0.470. The van der Waals surface area contributed by atoms with Gasteiger partial charge in [-0.3, -0.25) is 0 Å². The van der Waals surface area contributed by atoms with Gasteiger partial charge in [0.25, 0.3) is 0 Å². The molecule has 0 spiro atoms. The highest BCUT2D eigenvalue weighted by Gasteiger charge is 2.36. The van der Waals surface area contributed by atoms with E-state index in [9.17, 15) is 0 Å². The van der Waals surface area contributed by atoms with E-state index in [1.807, 2.05) is 7.05 Å². The van der Waals surface area contributed by atoms with Gasteiger partial charge in [-0.1, -0.05) is 6.42 Å². The summed E-state index contributed by atoms with van der Waals surface area (Å²) in [6.45, 7) is 2.53. The smallest absolute Gasteiger partial charge is 0.0476 e. The second-order valence-corrected chi connectivity index (χ2v) is 3.44. The maximum Gasteiger partial charge on any atom is 0.0476 e. The maximum absolute atomic E-state index is 8.99. The van der Waals surface area contributed by atoms with Crippen molar-refractivity contribution in [2.45, 2.75) is 31.7 Å². The van der Waals surface area contributed by atoms with E-state index in [1.165, 1.54) is 19.3 Å². The zero-order valence-electron chi connectivity index (χ0n) is 7.26. The largest absolute Gasteiger partial charge is 0.396 e. The van der Waals surface area contributed by atoms with Crippen LogP contribution in [0.25, 0.3) is 0 Å². The molecule has 1 rings (SSSR count). The van der Waals surface area contributed by atoms with Crippen molar-refractivity contribution in [2.75, 3.05) is 13.7 Å². The SMILES string of the molecule is CN[C@]1(C)CCC[C@@H]1CO.Cl. The monoisotopic (exact) mass is 179 g/mol. The van der Waals surface area contributed by atoms with E-state index in [4.69, 9.17) is 5.11 Å². The summed E-state index contributed by atoms with van der Waals surface area (Å²) in [4.78, 5) is 0. The number of hydrogen-bond acceptors (Lipinski definition) is 2. The van der Waals surface area contributed by atoms with E-state index in [-0.39, 0.29) is 17.9 Å². The normalized spacial score (nSPS) is 36.8. The van der Waals surface area contributed by atoms with Gasteiger partial charge in [-0.25, -0.2) is 0 Å². The van der Waals surface area contributed by atoms with Gasteiger partial charge in [0.1, 0.15) is 0 Å². The second-order valence-electron chi connectivity index (χ2n) is 3.44. The molecule has 1 saturated carbocycles. The lowest BCUT2D eigenvalue weighted by molar-refractivity contribution is 0.164. The molecule has 0 aromatic carbocycles. The molecule has 1 aliphatic rings. The average Bonchev–Trinajstić information content (AvgIpc) is 2.32. The topological polar surface area (TPSA) is 32.3 Å². The first-order valence-electron chi connectivity index (χ1n) is 4.02. The first kappa shape index (κ1) is 11.2. The summed E-state index contributed by atoms with van der Waals surface area (Å²) in [6.07, 6.45) is 3.63. The molecule has 68 valence electrons. The van der Waals surface area contributed by atoms with Crippen LogP contribution in [0.15, 0.2) is 0 Å². The maximum atomic E-state index is 8.99. The Kier molecular flexibility index (Phi) is 4.37. The molecule has 11 heavy (non-hydrogen) atoms. The van der Waals surface area contributed by atoms with E-state index in [1.54, 1.807) is 0 Å². The summed E-state index contributed by atoms with van der Waals surface area (Å²) >= 11 is 0. The Hall–Kier alpha value is 0.210. The highest BCUT2D eigenvalue weighted by Crippen LogP contribution is 2.34. The van der Waals surface area contributed by atoms with Gasteiger partial charge < -0.3 is 10.4 Å². The molecule has 0 saturated heterocycles. The van der Waals surface area contributed by atoms with E-state index in [2.05, 4.69) is 12.2 Å². The third kappa shape index (κ3) is 2.08. The van der Waals surface area contributed by atoms with Crippen LogP contribution in [0.3, 0.4) is 0 Å². The Labute approximate surface area is 74.8 Å². The number of aliphatic hydroxyl groups is 1. The van der Waals surface area contributed by atoms with Crippen LogP contribution < -0.4 is 5.32 Å². The summed E-state index contributed by atoms with van der Waals surface area (Å²) in [7, 11) is 1.98. The van der Waals surface area contributed by atoms with Crippen molar-refractivity contribution >= 4 is 12.4 Å². The molecule has 1 fully saturated rings. The van der Waals surface area contributed by atoms with Crippen LogP contribution in [0.1, 0.15) is 26.2 Å². The lowest BCUT2D eigenvalue weighted by Crippen LogP contribution is -2.44. The quantitative estimate of drug-likeness (QED) is 0.668. The molecule has 0 aliphatic heterocycles. The molecule has 2 nitrogen and oxygen atoms in total. The Balaban J connectivity index is 0.000001000. The number of hydrogen-bond donors (Lipinski definition) is 2. The molecule has 0 aromatic heterocycles. The van der Waals surface area contributed by atoms with Crippen molar-refractivity contribution in [3.63, 3.8) is 0 Å². The van der Waals surface area contributed by atoms with Crippen LogP contribution in [0.5, 0.6) is 0 Å². The van der Waals surface area contributed by atoms with Crippen LogP contribution in [-0.2, 0) is 0 Å². The van der Waals surface area contributed by atoms with Gasteiger partial charge in [-0.05, 0) is 32.7 Å². The Morgan fingerprint density at radius 3 is 2.64 bits per heavy atom. The van der Waals surface area contributed by atoms with Gasteiger partial charge in [0, 0.05) is 12.1 Å². The number of rotatable bonds is 2. The Morgan fingerprint density at radius 1 is 1.64 bits per heavy atom. The summed E-state index contributed by atoms with van der Waals surface area (Å²) < 4.78 is 0. The van der Waals surface area contributed by atoms with Gasteiger partial charge in [-0.2, -0.15) is 0 Å². The van der Waals surface area contributed by atoms with E-state index in [0.717, 1.165) is 0 Å². The van der Waals surface area contributed by atoms with Crippen molar-refractivity contribution in [3.8, 4) is 0 Å².